The maximum Gasteiger partial charge on any atom is 0.171 e. The molecule has 0 fully saturated rings. The van der Waals surface area contributed by atoms with Gasteiger partial charge in [-0.25, -0.2) is 4.98 Å². The van der Waals surface area contributed by atoms with E-state index in [9.17, 15) is 0 Å². The van der Waals surface area contributed by atoms with Crippen LogP contribution in [0.15, 0.2) is 66.9 Å². The SMILES string of the molecule is Nc1cccc(-c2nnc3n2-c2cccnc2Nc2ccccc2-3)c1. The molecule has 0 amide bonds. The minimum atomic E-state index is 0.688. The first-order valence-electron chi connectivity index (χ1n) is 7.94. The molecule has 6 heteroatoms. The molecule has 25 heavy (non-hydrogen) atoms. The van der Waals surface area contributed by atoms with Gasteiger partial charge in [0, 0.05) is 23.0 Å². The Morgan fingerprint density at radius 2 is 1.76 bits per heavy atom. The van der Waals surface area contributed by atoms with E-state index < -0.39 is 0 Å². The van der Waals surface area contributed by atoms with Crippen molar-refractivity contribution < 1.29 is 0 Å². The predicted octanol–water partition coefficient (Wildman–Crippen LogP) is 3.64. The Kier molecular flexibility index (Phi) is 2.84. The van der Waals surface area contributed by atoms with Gasteiger partial charge in [0.25, 0.3) is 0 Å². The maximum atomic E-state index is 5.96. The minimum absolute atomic E-state index is 0.688. The molecule has 4 aromatic rings. The number of pyridine rings is 1. The number of nitrogen functional groups attached to an aromatic ring is 1. The smallest absolute Gasteiger partial charge is 0.171 e. The largest absolute Gasteiger partial charge is 0.399 e. The van der Waals surface area contributed by atoms with Gasteiger partial charge in [0.1, 0.15) is 0 Å². The van der Waals surface area contributed by atoms with Crippen molar-refractivity contribution in [3.63, 3.8) is 0 Å². The Bertz CT molecular complexity index is 1100. The van der Waals surface area contributed by atoms with E-state index >= 15 is 0 Å². The van der Waals surface area contributed by atoms with Crippen molar-refractivity contribution in [2.75, 3.05) is 11.1 Å². The molecule has 0 saturated heterocycles. The van der Waals surface area contributed by atoms with Gasteiger partial charge in [0.05, 0.1) is 11.4 Å². The van der Waals surface area contributed by atoms with Crippen molar-refractivity contribution in [3.8, 4) is 28.5 Å². The molecule has 2 aromatic heterocycles. The predicted molar refractivity (Wildman–Crippen MR) is 97.7 cm³/mol. The summed E-state index contributed by atoms with van der Waals surface area (Å²) in [6.45, 7) is 0. The van der Waals surface area contributed by atoms with Gasteiger partial charge in [0.15, 0.2) is 17.5 Å². The first-order valence-corrected chi connectivity index (χ1v) is 7.94. The van der Waals surface area contributed by atoms with E-state index in [4.69, 9.17) is 5.73 Å². The number of nitrogens with zero attached hydrogens (tertiary/aromatic N) is 4. The van der Waals surface area contributed by atoms with Gasteiger partial charge in [-0.05, 0) is 36.4 Å². The Balaban J connectivity index is 1.86. The molecular formula is C19H14N6. The lowest BCUT2D eigenvalue weighted by Crippen LogP contribution is -2.02. The summed E-state index contributed by atoms with van der Waals surface area (Å²) in [6.07, 6.45) is 1.77. The molecule has 120 valence electrons. The summed E-state index contributed by atoms with van der Waals surface area (Å²) in [6, 6.07) is 19.6. The molecule has 1 aliphatic heterocycles. The van der Waals surface area contributed by atoms with Crippen molar-refractivity contribution in [1.29, 1.82) is 0 Å². The molecule has 0 saturated carbocycles. The first-order chi connectivity index (χ1) is 12.3. The second-order valence-electron chi connectivity index (χ2n) is 5.85. The van der Waals surface area contributed by atoms with Crippen LogP contribution < -0.4 is 11.1 Å². The quantitative estimate of drug-likeness (QED) is 0.460. The molecule has 0 spiro atoms. The number of anilines is 3. The van der Waals surface area contributed by atoms with E-state index in [2.05, 4.69) is 20.5 Å². The molecule has 3 N–H and O–H groups in total. The fraction of sp³-hybridized carbons (Fsp3) is 0. The third-order valence-corrected chi connectivity index (χ3v) is 4.26. The Morgan fingerprint density at radius 3 is 2.68 bits per heavy atom. The summed E-state index contributed by atoms with van der Waals surface area (Å²) in [7, 11) is 0. The third-order valence-electron chi connectivity index (χ3n) is 4.26. The van der Waals surface area contributed by atoms with Crippen LogP contribution in [0.3, 0.4) is 0 Å². The second-order valence-corrected chi connectivity index (χ2v) is 5.85. The van der Waals surface area contributed by atoms with Gasteiger partial charge in [-0.15, -0.1) is 10.2 Å². The molecule has 0 radical (unpaired) electrons. The number of para-hydroxylation sites is 1. The monoisotopic (exact) mass is 326 g/mol. The molecule has 2 aromatic carbocycles. The van der Waals surface area contributed by atoms with Crippen molar-refractivity contribution in [3.05, 3.63) is 66.9 Å². The van der Waals surface area contributed by atoms with Crippen LogP contribution in [0.5, 0.6) is 0 Å². The van der Waals surface area contributed by atoms with Crippen LogP contribution in [0.4, 0.5) is 17.2 Å². The summed E-state index contributed by atoms with van der Waals surface area (Å²) < 4.78 is 2.02. The van der Waals surface area contributed by atoms with Gasteiger partial charge >= 0.3 is 0 Å². The van der Waals surface area contributed by atoms with Crippen LogP contribution in [0.1, 0.15) is 0 Å². The number of nitrogens with one attached hydrogen (secondary N) is 1. The van der Waals surface area contributed by atoms with E-state index in [-0.39, 0.29) is 0 Å². The number of fused-ring (bicyclic) bond motifs is 5. The summed E-state index contributed by atoms with van der Waals surface area (Å²) in [4.78, 5) is 4.50. The molecule has 0 atom stereocenters. The minimum Gasteiger partial charge on any atom is -0.399 e. The molecular weight excluding hydrogens is 312 g/mol. The highest BCUT2D eigenvalue weighted by molar-refractivity contribution is 5.84. The fourth-order valence-electron chi connectivity index (χ4n) is 3.14. The highest BCUT2D eigenvalue weighted by Crippen LogP contribution is 2.38. The average molecular weight is 326 g/mol. The molecule has 5 rings (SSSR count). The Hall–Kier alpha value is -3.67. The standard InChI is InChI=1S/C19H14N6/c20-13-6-3-5-12(11-13)18-23-24-19-14-7-1-2-8-15(14)22-17-16(25(18)19)9-4-10-21-17/h1-11H,20H2,(H,21,22). The van der Waals surface area contributed by atoms with Crippen LogP contribution in [-0.4, -0.2) is 19.7 Å². The van der Waals surface area contributed by atoms with Crippen LogP contribution in [0.2, 0.25) is 0 Å². The van der Waals surface area contributed by atoms with Gasteiger partial charge in [-0.3, -0.25) is 4.57 Å². The summed E-state index contributed by atoms with van der Waals surface area (Å²) in [5.41, 5.74) is 10.4. The lowest BCUT2D eigenvalue weighted by Gasteiger charge is -2.11. The Morgan fingerprint density at radius 1 is 0.880 bits per heavy atom. The molecule has 0 aliphatic carbocycles. The van der Waals surface area contributed by atoms with Crippen LogP contribution >= 0.6 is 0 Å². The zero-order valence-corrected chi connectivity index (χ0v) is 13.2. The third kappa shape index (κ3) is 2.08. The van der Waals surface area contributed by atoms with Gasteiger partial charge in [-0.2, -0.15) is 0 Å². The van der Waals surface area contributed by atoms with E-state index in [1.807, 2.05) is 65.2 Å². The molecule has 0 unspecified atom stereocenters. The van der Waals surface area contributed by atoms with Crippen molar-refractivity contribution >= 4 is 17.2 Å². The highest BCUT2D eigenvalue weighted by atomic mass is 15.3. The van der Waals surface area contributed by atoms with E-state index in [1.54, 1.807) is 6.20 Å². The van der Waals surface area contributed by atoms with Crippen LogP contribution in [0, 0.1) is 0 Å². The topological polar surface area (TPSA) is 81.7 Å². The van der Waals surface area contributed by atoms with Crippen molar-refractivity contribution in [2.24, 2.45) is 0 Å². The second kappa shape index (κ2) is 5.17. The molecule has 6 nitrogen and oxygen atoms in total. The Labute approximate surface area is 144 Å². The zero-order chi connectivity index (χ0) is 16.8. The fourth-order valence-corrected chi connectivity index (χ4v) is 3.14. The number of benzene rings is 2. The average Bonchev–Trinajstić information content (AvgIpc) is 3.02. The summed E-state index contributed by atoms with van der Waals surface area (Å²) in [5.74, 6) is 2.26. The number of aromatic nitrogens is 4. The van der Waals surface area contributed by atoms with Crippen molar-refractivity contribution in [2.45, 2.75) is 0 Å². The highest BCUT2D eigenvalue weighted by Gasteiger charge is 2.24. The maximum absolute atomic E-state index is 5.96. The lowest BCUT2D eigenvalue weighted by atomic mass is 10.1. The van der Waals surface area contributed by atoms with Gasteiger partial charge in [0.2, 0.25) is 0 Å². The summed E-state index contributed by atoms with van der Waals surface area (Å²) >= 11 is 0. The number of hydrogen-bond donors (Lipinski definition) is 2. The molecule has 0 bridgehead atoms. The number of hydrogen-bond acceptors (Lipinski definition) is 5. The summed E-state index contributed by atoms with van der Waals surface area (Å²) in [5, 5.41) is 12.3. The van der Waals surface area contributed by atoms with E-state index in [1.165, 1.54) is 0 Å². The van der Waals surface area contributed by atoms with E-state index in [0.717, 1.165) is 40.0 Å². The zero-order valence-electron chi connectivity index (χ0n) is 13.2. The first kappa shape index (κ1) is 13.7. The van der Waals surface area contributed by atoms with Crippen LogP contribution in [0.25, 0.3) is 28.5 Å². The normalized spacial score (nSPS) is 11.7. The molecule has 1 aliphatic rings. The molecule has 3 heterocycles. The number of rotatable bonds is 1. The van der Waals surface area contributed by atoms with Crippen molar-refractivity contribution in [1.82, 2.24) is 19.7 Å². The van der Waals surface area contributed by atoms with Crippen LogP contribution in [-0.2, 0) is 0 Å². The lowest BCUT2D eigenvalue weighted by molar-refractivity contribution is 1.07. The number of nitrogens with two attached hydrogens (primary N) is 1. The van der Waals surface area contributed by atoms with Gasteiger partial charge in [-0.1, -0.05) is 24.3 Å². The van der Waals surface area contributed by atoms with E-state index in [0.29, 0.717) is 5.69 Å². The van der Waals surface area contributed by atoms with Gasteiger partial charge < -0.3 is 11.1 Å².